The van der Waals surface area contributed by atoms with Gasteiger partial charge in [0.15, 0.2) is 0 Å². The Kier molecular flexibility index (Phi) is 8.01. The van der Waals surface area contributed by atoms with Crippen LogP contribution in [0.25, 0.3) is 0 Å². The number of amides is 1. The summed E-state index contributed by atoms with van der Waals surface area (Å²) in [5, 5.41) is 11.4. The van der Waals surface area contributed by atoms with Gasteiger partial charge in [0, 0.05) is 0 Å². The number of aliphatic carboxylic acids is 1. The molecule has 1 unspecified atom stereocenters. The van der Waals surface area contributed by atoms with Crippen LogP contribution in [0.4, 0.5) is 0 Å². The van der Waals surface area contributed by atoms with E-state index in [-0.39, 0.29) is 5.91 Å². The van der Waals surface area contributed by atoms with E-state index in [0.717, 1.165) is 6.42 Å². The van der Waals surface area contributed by atoms with Gasteiger partial charge in [-0.3, -0.25) is 4.79 Å². The predicted molar refractivity (Wildman–Crippen MR) is 65.4 cm³/mol. The molecule has 2 atom stereocenters. The summed E-state index contributed by atoms with van der Waals surface area (Å²) in [7, 11) is 0. The van der Waals surface area contributed by atoms with Gasteiger partial charge >= 0.3 is 5.97 Å². The van der Waals surface area contributed by atoms with Gasteiger partial charge in [-0.25, -0.2) is 4.79 Å². The van der Waals surface area contributed by atoms with E-state index in [1.807, 2.05) is 13.2 Å². The van der Waals surface area contributed by atoms with Gasteiger partial charge in [-0.1, -0.05) is 13.3 Å². The number of carboxylic acid groups (broad SMARTS) is 1. The van der Waals surface area contributed by atoms with Crippen LogP contribution in [0.1, 0.15) is 26.2 Å². The zero-order valence-electron chi connectivity index (χ0n) is 9.73. The Morgan fingerprint density at radius 3 is 2.50 bits per heavy atom. The smallest absolute Gasteiger partial charge is 0.326 e. The first kappa shape index (κ1) is 15.2. The highest BCUT2D eigenvalue weighted by Gasteiger charge is 2.22. The Morgan fingerprint density at radius 1 is 1.44 bits per heavy atom. The standard InChI is InChI=1S/C10H20N2O3S/c1-3-4-7(11)9(13)12-8(10(14)15)5-6-16-2/h7-8H,3-6,11H2,1-2H3,(H,12,13)(H,14,15)/t7-,8?/m0/s1. The van der Waals surface area contributed by atoms with Crippen LogP contribution in [-0.4, -0.2) is 41.1 Å². The maximum Gasteiger partial charge on any atom is 0.326 e. The number of carbonyl (C=O) groups is 2. The molecule has 0 bridgehead atoms. The first-order chi connectivity index (χ1) is 7.52. The third-order valence-corrected chi connectivity index (χ3v) is 2.81. The largest absolute Gasteiger partial charge is 0.480 e. The van der Waals surface area contributed by atoms with Crippen molar-refractivity contribution in [1.82, 2.24) is 5.32 Å². The molecule has 6 heteroatoms. The molecule has 0 heterocycles. The number of carbonyl (C=O) groups excluding carboxylic acids is 1. The van der Waals surface area contributed by atoms with Crippen molar-refractivity contribution in [1.29, 1.82) is 0 Å². The lowest BCUT2D eigenvalue weighted by Crippen LogP contribution is -2.48. The van der Waals surface area contributed by atoms with Gasteiger partial charge in [-0.15, -0.1) is 0 Å². The zero-order chi connectivity index (χ0) is 12.6. The number of nitrogens with one attached hydrogen (secondary N) is 1. The predicted octanol–water partition coefficient (Wildman–Crippen LogP) is 0.436. The van der Waals surface area contributed by atoms with E-state index in [9.17, 15) is 9.59 Å². The average Bonchev–Trinajstić information content (AvgIpc) is 2.23. The Balaban J connectivity index is 4.17. The maximum atomic E-state index is 11.5. The van der Waals surface area contributed by atoms with Gasteiger partial charge in [0.05, 0.1) is 6.04 Å². The van der Waals surface area contributed by atoms with E-state index in [4.69, 9.17) is 10.8 Å². The third kappa shape index (κ3) is 5.97. The highest BCUT2D eigenvalue weighted by molar-refractivity contribution is 7.98. The topological polar surface area (TPSA) is 92.4 Å². The van der Waals surface area contributed by atoms with Crippen LogP contribution in [0.3, 0.4) is 0 Å². The highest BCUT2D eigenvalue weighted by Crippen LogP contribution is 2.02. The molecular weight excluding hydrogens is 228 g/mol. The molecule has 0 aromatic rings. The SMILES string of the molecule is CCC[C@H](N)C(=O)NC(CCSC)C(=O)O. The maximum absolute atomic E-state index is 11.5. The molecule has 16 heavy (non-hydrogen) atoms. The van der Waals surface area contributed by atoms with E-state index in [1.54, 1.807) is 11.8 Å². The van der Waals surface area contributed by atoms with Gasteiger partial charge < -0.3 is 16.2 Å². The number of nitrogens with two attached hydrogens (primary N) is 1. The van der Waals surface area contributed by atoms with Crippen LogP contribution >= 0.6 is 11.8 Å². The summed E-state index contributed by atoms with van der Waals surface area (Å²) >= 11 is 1.55. The van der Waals surface area contributed by atoms with Crippen LogP contribution < -0.4 is 11.1 Å². The lowest BCUT2D eigenvalue weighted by Gasteiger charge is -2.17. The molecule has 4 N–H and O–H groups in total. The van der Waals surface area contributed by atoms with E-state index < -0.39 is 18.1 Å². The third-order valence-electron chi connectivity index (χ3n) is 2.16. The van der Waals surface area contributed by atoms with Crippen molar-refractivity contribution in [2.24, 2.45) is 5.73 Å². The van der Waals surface area contributed by atoms with E-state index in [1.165, 1.54) is 0 Å². The number of rotatable bonds is 8. The number of carboxylic acids is 1. The molecule has 0 fully saturated rings. The van der Waals surface area contributed by atoms with Gasteiger partial charge in [0.25, 0.3) is 0 Å². The van der Waals surface area contributed by atoms with Crippen LogP contribution in [0.5, 0.6) is 0 Å². The molecule has 0 rings (SSSR count). The summed E-state index contributed by atoms with van der Waals surface area (Å²) in [6, 6.07) is -1.44. The fourth-order valence-corrected chi connectivity index (χ4v) is 1.69. The van der Waals surface area contributed by atoms with E-state index in [2.05, 4.69) is 5.32 Å². The molecule has 94 valence electrons. The van der Waals surface area contributed by atoms with Gasteiger partial charge in [-0.2, -0.15) is 11.8 Å². The Labute approximate surface area is 100 Å². The summed E-state index contributed by atoms with van der Waals surface area (Å²) < 4.78 is 0. The molecule has 0 saturated heterocycles. The second-order valence-electron chi connectivity index (χ2n) is 3.58. The number of hydrogen-bond donors (Lipinski definition) is 3. The molecule has 0 aromatic carbocycles. The van der Waals surface area contributed by atoms with E-state index in [0.29, 0.717) is 18.6 Å². The molecule has 5 nitrogen and oxygen atoms in total. The van der Waals surface area contributed by atoms with Gasteiger partial charge in [-0.05, 0) is 24.9 Å². The molecule has 0 radical (unpaired) electrons. The van der Waals surface area contributed by atoms with Gasteiger partial charge in [0.1, 0.15) is 6.04 Å². The minimum Gasteiger partial charge on any atom is -0.480 e. The number of thioether (sulfide) groups is 1. The summed E-state index contributed by atoms with van der Waals surface area (Å²) in [6.07, 6.45) is 3.68. The molecule has 1 amide bonds. The first-order valence-corrected chi connectivity index (χ1v) is 6.70. The summed E-state index contributed by atoms with van der Waals surface area (Å²) in [4.78, 5) is 22.4. The van der Waals surface area contributed by atoms with Crippen molar-refractivity contribution >= 4 is 23.6 Å². The monoisotopic (exact) mass is 248 g/mol. The Morgan fingerprint density at radius 2 is 2.06 bits per heavy atom. The van der Waals surface area contributed by atoms with Crippen molar-refractivity contribution in [3.63, 3.8) is 0 Å². The second kappa shape index (κ2) is 8.41. The minimum absolute atomic E-state index is 0.379. The van der Waals surface area contributed by atoms with Crippen molar-refractivity contribution < 1.29 is 14.7 Å². The minimum atomic E-state index is -1.01. The number of hydrogen-bond acceptors (Lipinski definition) is 4. The van der Waals surface area contributed by atoms with Crippen LogP contribution in [0.15, 0.2) is 0 Å². The van der Waals surface area contributed by atoms with Crippen molar-refractivity contribution in [2.45, 2.75) is 38.3 Å². The quantitative estimate of drug-likeness (QED) is 0.579. The fraction of sp³-hybridized carbons (Fsp3) is 0.800. The highest BCUT2D eigenvalue weighted by atomic mass is 32.2. The average molecular weight is 248 g/mol. The van der Waals surface area contributed by atoms with Crippen molar-refractivity contribution in [3.05, 3.63) is 0 Å². The second-order valence-corrected chi connectivity index (χ2v) is 4.56. The van der Waals surface area contributed by atoms with Crippen molar-refractivity contribution in [2.75, 3.05) is 12.0 Å². The first-order valence-electron chi connectivity index (χ1n) is 5.30. The summed E-state index contributed by atoms with van der Waals surface area (Å²) in [5.41, 5.74) is 5.59. The van der Waals surface area contributed by atoms with Crippen LogP contribution in [0, 0.1) is 0 Å². The lowest BCUT2D eigenvalue weighted by atomic mass is 10.1. The Hall–Kier alpha value is -0.750. The van der Waals surface area contributed by atoms with E-state index >= 15 is 0 Å². The molecule has 0 aliphatic rings. The molecule has 0 aliphatic carbocycles. The zero-order valence-corrected chi connectivity index (χ0v) is 10.5. The molecular formula is C10H20N2O3S. The van der Waals surface area contributed by atoms with Gasteiger partial charge in [0.2, 0.25) is 5.91 Å². The normalized spacial score (nSPS) is 14.2. The lowest BCUT2D eigenvalue weighted by molar-refractivity contribution is -0.142. The van der Waals surface area contributed by atoms with Crippen LogP contribution in [-0.2, 0) is 9.59 Å². The van der Waals surface area contributed by atoms with Crippen LogP contribution in [0.2, 0.25) is 0 Å². The molecule has 0 spiro atoms. The molecule has 0 aliphatic heterocycles. The summed E-state index contributed by atoms with van der Waals surface area (Å²) in [6.45, 7) is 1.93. The fourth-order valence-electron chi connectivity index (χ4n) is 1.21. The molecule has 0 saturated carbocycles. The Bertz CT molecular complexity index is 236. The summed E-state index contributed by atoms with van der Waals surface area (Å²) in [5.74, 6) is -0.693. The molecule has 0 aromatic heterocycles. The van der Waals surface area contributed by atoms with Crippen molar-refractivity contribution in [3.8, 4) is 0 Å².